The first-order valence-electron chi connectivity index (χ1n) is 10.7. The van der Waals surface area contributed by atoms with Crippen molar-refractivity contribution < 1.29 is 4.74 Å². The number of hydrogen-bond acceptors (Lipinski definition) is 5. The fourth-order valence-corrected chi connectivity index (χ4v) is 3.89. The number of aliphatic imine (C=N–C) groups is 1. The minimum absolute atomic E-state index is 0. The van der Waals surface area contributed by atoms with E-state index < -0.39 is 0 Å². The zero-order valence-electron chi connectivity index (χ0n) is 18.3. The Hall–Kier alpha value is -2.14. The van der Waals surface area contributed by atoms with Gasteiger partial charge in [-0.05, 0) is 31.0 Å². The lowest BCUT2D eigenvalue weighted by molar-refractivity contribution is 0.177. The second-order valence-electron chi connectivity index (χ2n) is 7.68. The number of guanidine groups is 1. The van der Waals surface area contributed by atoms with Gasteiger partial charge in [0.25, 0.3) is 0 Å². The maximum Gasteiger partial charge on any atom is 0.191 e. The lowest BCUT2D eigenvalue weighted by atomic mass is 10.1. The Bertz CT molecular complexity index is 903. The van der Waals surface area contributed by atoms with Crippen molar-refractivity contribution in [2.45, 2.75) is 45.5 Å². The maximum absolute atomic E-state index is 5.15. The molecule has 0 amide bonds. The largest absolute Gasteiger partial charge is 0.377 e. The Kier molecular flexibility index (Phi) is 8.70. The molecule has 0 aliphatic carbocycles. The standard InChI is InChI=1S/C22H31N7O.HI/c1-3-23-22(24-14-17-7-6-8-19(13-17)28-11-4-5-12-28)25-18-9-10-21-26-20(16-30-2)27-29(21)15-18;/h4-8,13,18H,3,9-12,14-16H2,1-2H3,(H2,23,24,25);1H. The van der Waals surface area contributed by atoms with Gasteiger partial charge in [-0.25, -0.2) is 14.7 Å². The van der Waals surface area contributed by atoms with Crippen LogP contribution in [-0.2, 0) is 30.9 Å². The molecule has 1 atom stereocenters. The zero-order chi connectivity index (χ0) is 20.8. The van der Waals surface area contributed by atoms with Gasteiger partial charge in [0.2, 0.25) is 0 Å². The highest BCUT2D eigenvalue weighted by atomic mass is 127. The molecule has 2 N–H and O–H groups in total. The summed E-state index contributed by atoms with van der Waals surface area (Å²) in [5, 5.41) is 11.5. The zero-order valence-corrected chi connectivity index (χ0v) is 20.6. The molecule has 0 saturated heterocycles. The average molecular weight is 537 g/mol. The van der Waals surface area contributed by atoms with E-state index in [0.29, 0.717) is 13.2 Å². The van der Waals surface area contributed by atoms with E-state index in [1.165, 1.54) is 11.3 Å². The van der Waals surface area contributed by atoms with E-state index in [0.717, 1.165) is 56.6 Å². The van der Waals surface area contributed by atoms with Gasteiger partial charge >= 0.3 is 0 Å². The molecular formula is C22H32IN7O. The SMILES string of the molecule is CCNC(=NCc1cccc(N2CC=CC2)c1)NC1CCc2nc(COC)nn2C1.I. The average Bonchev–Trinajstić information content (AvgIpc) is 3.42. The number of benzene rings is 1. The first kappa shape index (κ1) is 23.5. The molecule has 8 nitrogen and oxygen atoms in total. The van der Waals surface area contributed by atoms with Gasteiger partial charge < -0.3 is 20.3 Å². The molecule has 1 unspecified atom stereocenters. The number of nitrogens with one attached hydrogen (secondary N) is 2. The van der Waals surface area contributed by atoms with Crippen molar-refractivity contribution in [3.05, 3.63) is 53.6 Å². The summed E-state index contributed by atoms with van der Waals surface area (Å²) < 4.78 is 7.15. The van der Waals surface area contributed by atoms with Crippen molar-refractivity contribution in [3.63, 3.8) is 0 Å². The summed E-state index contributed by atoms with van der Waals surface area (Å²) >= 11 is 0. The molecule has 0 radical (unpaired) electrons. The predicted octanol–water partition coefficient (Wildman–Crippen LogP) is 2.49. The van der Waals surface area contributed by atoms with Gasteiger partial charge in [-0.3, -0.25) is 0 Å². The summed E-state index contributed by atoms with van der Waals surface area (Å²) in [5.74, 6) is 2.63. The van der Waals surface area contributed by atoms with Crippen LogP contribution in [0.4, 0.5) is 5.69 Å². The number of methoxy groups -OCH3 is 1. The van der Waals surface area contributed by atoms with E-state index in [9.17, 15) is 0 Å². The molecule has 2 aliphatic rings. The minimum atomic E-state index is 0. The number of aryl methyl sites for hydroxylation is 1. The van der Waals surface area contributed by atoms with Crippen LogP contribution in [-0.4, -0.2) is 53.5 Å². The van der Waals surface area contributed by atoms with Gasteiger partial charge in [-0.15, -0.1) is 24.0 Å². The fourth-order valence-electron chi connectivity index (χ4n) is 3.89. The van der Waals surface area contributed by atoms with Crippen molar-refractivity contribution in [2.75, 3.05) is 31.6 Å². The van der Waals surface area contributed by atoms with E-state index in [1.54, 1.807) is 7.11 Å². The molecule has 9 heteroatoms. The number of halogens is 1. The molecule has 4 rings (SSSR count). The minimum Gasteiger partial charge on any atom is -0.377 e. The van der Waals surface area contributed by atoms with Crippen LogP contribution in [0.1, 0.15) is 30.6 Å². The van der Waals surface area contributed by atoms with Crippen molar-refractivity contribution in [3.8, 4) is 0 Å². The highest BCUT2D eigenvalue weighted by Crippen LogP contribution is 2.19. The highest BCUT2D eigenvalue weighted by molar-refractivity contribution is 14.0. The van der Waals surface area contributed by atoms with Gasteiger partial charge in [0.15, 0.2) is 11.8 Å². The van der Waals surface area contributed by atoms with Gasteiger partial charge in [0.05, 0.1) is 13.1 Å². The summed E-state index contributed by atoms with van der Waals surface area (Å²) in [4.78, 5) is 11.7. The fraction of sp³-hybridized carbons (Fsp3) is 0.500. The smallest absolute Gasteiger partial charge is 0.191 e. The molecule has 2 aromatic rings. The quantitative estimate of drug-likeness (QED) is 0.245. The van der Waals surface area contributed by atoms with Crippen LogP contribution in [0.5, 0.6) is 0 Å². The van der Waals surface area contributed by atoms with E-state index in [-0.39, 0.29) is 30.0 Å². The Balaban J connectivity index is 0.00000272. The third-order valence-corrected chi connectivity index (χ3v) is 5.37. The number of hydrogen-bond donors (Lipinski definition) is 2. The molecule has 31 heavy (non-hydrogen) atoms. The Morgan fingerprint density at radius 3 is 2.90 bits per heavy atom. The predicted molar refractivity (Wildman–Crippen MR) is 134 cm³/mol. The van der Waals surface area contributed by atoms with Gasteiger partial charge in [-0.1, -0.05) is 24.3 Å². The van der Waals surface area contributed by atoms with E-state index in [2.05, 4.69) is 69.0 Å². The van der Waals surface area contributed by atoms with Gasteiger partial charge in [-0.2, -0.15) is 5.10 Å². The van der Waals surface area contributed by atoms with Gasteiger partial charge in [0.1, 0.15) is 12.4 Å². The summed E-state index contributed by atoms with van der Waals surface area (Å²) in [5.41, 5.74) is 2.46. The third-order valence-electron chi connectivity index (χ3n) is 5.37. The second kappa shape index (κ2) is 11.5. The van der Waals surface area contributed by atoms with E-state index in [4.69, 9.17) is 9.73 Å². The van der Waals surface area contributed by atoms with E-state index in [1.807, 2.05) is 4.68 Å². The summed E-state index contributed by atoms with van der Waals surface area (Å²) in [7, 11) is 1.67. The van der Waals surface area contributed by atoms with Crippen LogP contribution >= 0.6 is 24.0 Å². The molecule has 0 fully saturated rings. The molecule has 0 saturated carbocycles. The summed E-state index contributed by atoms with van der Waals surface area (Å²) in [6.07, 6.45) is 6.33. The monoisotopic (exact) mass is 537 g/mol. The molecule has 2 aliphatic heterocycles. The lowest BCUT2D eigenvalue weighted by Crippen LogP contribution is -2.47. The highest BCUT2D eigenvalue weighted by Gasteiger charge is 2.22. The van der Waals surface area contributed by atoms with Crippen molar-refractivity contribution in [2.24, 2.45) is 4.99 Å². The van der Waals surface area contributed by atoms with Crippen LogP contribution in [0.2, 0.25) is 0 Å². The number of fused-ring (bicyclic) bond motifs is 1. The third kappa shape index (κ3) is 6.19. The number of rotatable bonds is 7. The Morgan fingerprint density at radius 1 is 1.29 bits per heavy atom. The first-order valence-corrected chi connectivity index (χ1v) is 10.7. The molecule has 168 valence electrons. The number of nitrogens with zero attached hydrogens (tertiary/aromatic N) is 5. The second-order valence-corrected chi connectivity index (χ2v) is 7.68. The van der Waals surface area contributed by atoms with Crippen LogP contribution in [0.3, 0.4) is 0 Å². The molecule has 0 spiro atoms. The molecule has 0 bridgehead atoms. The van der Waals surface area contributed by atoms with Crippen molar-refractivity contribution in [1.29, 1.82) is 0 Å². The Morgan fingerprint density at radius 2 is 2.13 bits per heavy atom. The topological polar surface area (TPSA) is 79.6 Å². The molecule has 3 heterocycles. The van der Waals surface area contributed by atoms with Gasteiger partial charge in [0, 0.05) is 44.9 Å². The van der Waals surface area contributed by atoms with Crippen LogP contribution in [0, 0.1) is 0 Å². The van der Waals surface area contributed by atoms with Crippen molar-refractivity contribution >= 4 is 35.6 Å². The summed E-state index contributed by atoms with van der Waals surface area (Å²) in [6, 6.07) is 8.93. The summed E-state index contributed by atoms with van der Waals surface area (Å²) in [6.45, 7) is 6.76. The van der Waals surface area contributed by atoms with Crippen LogP contribution < -0.4 is 15.5 Å². The van der Waals surface area contributed by atoms with Crippen LogP contribution in [0.25, 0.3) is 0 Å². The first-order chi connectivity index (χ1) is 14.7. The molecular weight excluding hydrogens is 505 g/mol. The number of aromatic nitrogens is 3. The maximum atomic E-state index is 5.15. The Labute approximate surface area is 201 Å². The molecule has 1 aromatic heterocycles. The lowest BCUT2D eigenvalue weighted by Gasteiger charge is -2.25. The van der Waals surface area contributed by atoms with Crippen LogP contribution in [0.15, 0.2) is 41.4 Å². The van der Waals surface area contributed by atoms with E-state index >= 15 is 0 Å². The molecule has 1 aromatic carbocycles. The number of anilines is 1. The number of ether oxygens (including phenoxy) is 1. The normalized spacial score (nSPS) is 17.9. The van der Waals surface area contributed by atoms with Crippen molar-refractivity contribution in [1.82, 2.24) is 25.4 Å².